The van der Waals surface area contributed by atoms with Gasteiger partial charge in [-0.15, -0.1) is 23.1 Å². The van der Waals surface area contributed by atoms with Crippen molar-refractivity contribution in [3.8, 4) is 0 Å². The van der Waals surface area contributed by atoms with Crippen LogP contribution in [0.3, 0.4) is 0 Å². The van der Waals surface area contributed by atoms with E-state index in [2.05, 4.69) is 61.8 Å². The molecule has 20 heavy (non-hydrogen) atoms. The Labute approximate surface area is 129 Å². The molecule has 0 bridgehead atoms. The van der Waals surface area contributed by atoms with Gasteiger partial charge in [0.15, 0.2) is 0 Å². The van der Waals surface area contributed by atoms with E-state index in [1.165, 1.54) is 27.3 Å². The molecule has 1 aromatic heterocycles. The third kappa shape index (κ3) is 2.95. The van der Waals surface area contributed by atoms with E-state index >= 15 is 0 Å². The van der Waals surface area contributed by atoms with Gasteiger partial charge >= 0.3 is 0 Å². The maximum absolute atomic E-state index is 3.82. The number of benzene rings is 1. The van der Waals surface area contributed by atoms with Gasteiger partial charge in [-0.3, -0.25) is 0 Å². The van der Waals surface area contributed by atoms with E-state index in [-0.39, 0.29) is 0 Å². The van der Waals surface area contributed by atoms with Gasteiger partial charge in [-0.1, -0.05) is 36.8 Å². The molecule has 0 amide bonds. The summed E-state index contributed by atoms with van der Waals surface area (Å²) in [7, 11) is 0. The molecule has 1 aromatic carbocycles. The summed E-state index contributed by atoms with van der Waals surface area (Å²) in [4.78, 5) is 0. The highest BCUT2D eigenvalue weighted by Gasteiger charge is 2.27. The lowest BCUT2D eigenvalue weighted by molar-refractivity contribution is 0.435. The quantitative estimate of drug-likeness (QED) is 0.822. The second kappa shape index (κ2) is 5.92. The van der Waals surface area contributed by atoms with Gasteiger partial charge in [0.05, 0.1) is 4.21 Å². The summed E-state index contributed by atoms with van der Waals surface area (Å²) in [6.07, 6.45) is 1.21. The third-order valence-electron chi connectivity index (χ3n) is 3.94. The SMILES string of the molecule is Cc1ccc([C@H](C)NC2C[C@H](C)Sc3sccc32)cc1. The summed E-state index contributed by atoms with van der Waals surface area (Å²) in [5.74, 6) is 0. The average molecular weight is 303 g/mol. The van der Waals surface area contributed by atoms with Gasteiger partial charge in [-0.2, -0.15) is 0 Å². The van der Waals surface area contributed by atoms with Crippen molar-refractivity contribution < 1.29 is 0 Å². The van der Waals surface area contributed by atoms with Crippen molar-refractivity contribution in [1.29, 1.82) is 0 Å². The van der Waals surface area contributed by atoms with Crippen molar-refractivity contribution in [3.63, 3.8) is 0 Å². The molecule has 1 nitrogen and oxygen atoms in total. The number of fused-ring (bicyclic) bond motifs is 1. The molecule has 0 spiro atoms. The number of aryl methyl sites for hydroxylation is 1. The highest BCUT2D eigenvalue weighted by Crippen LogP contribution is 2.44. The highest BCUT2D eigenvalue weighted by atomic mass is 32.2. The minimum atomic E-state index is 0.392. The Morgan fingerprint density at radius 3 is 2.70 bits per heavy atom. The van der Waals surface area contributed by atoms with Gasteiger partial charge in [-0.25, -0.2) is 0 Å². The van der Waals surface area contributed by atoms with Crippen molar-refractivity contribution in [3.05, 3.63) is 52.4 Å². The van der Waals surface area contributed by atoms with E-state index in [0.717, 1.165) is 0 Å². The Kier molecular flexibility index (Phi) is 4.20. The molecule has 3 rings (SSSR count). The fourth-order valence-electron chi connectivity index (χ4n) is 2.76. The lowest BCUT2D eigenvalue weighted by atomic mass is 10.0. The van der Waals surface area contributed by atoms with Crippen LogP contribution in [0.1, 0.15) is 49.0 Å². The van der Waals surface area contributed by atoms with Crippen molar-refractivity contribution >= 4 is 23.1 Å². The number of thiophene rings is 1. The van der Waals surface area contributed by atoms with Crippen LogP contribution < -0.4 is 5.32 Å². The zero-order valence-corrected chi connectivity index (χ0v) is 13.9. The van der Waals surface area contributed by atoms with E-state index in [9.17, 15) is 0 Å². The summed E-state index contributed by atoms with van der Waals surface area (Å²) in [5, 5.41) is 6.74. The summed E-state index contributed by atoms with van der Waals surface area (Å²) in [6, 6.07) is 12.0. The number of hydrogen-bond acceptors (Lipinski definition) is 3. The molecule has 3 heteroatoms. The first kappa shape index (κ1) is 14.2. The van der Waals surface area contributed by atoms with E-state index in [1.54, 1.807) is 0 Å². The fourth-order valence-corrected chi connectivity index (χ4v) is 5.33. The third-order valence-corrected chi connectivity index (χ3v) is 6.28. The molecule has 1 aliphatic heterocycles. The van der Waals surface area contributed by atoms with E-state index < -0.39 is 0 Å². The van der Waals surface area contributed by atoms with Crippen LogP contribution in [0, 0.1) is 6.92 Å². The minimum Gasteiger partial charge on any atom is -0.303 e. The number of hydrogen-bond donors (Lipinski definition) is 1. The zero-order valence-electron chi connectivity index (χ0n) is 12.2. The molecule has 0 saturated heterocycles. The molecule has 0 fully saturated rings. The molecule has 1 aliphatic rings. The molecule has 0 aliphatic carbocycles. The number of rotatable bonds is 3. The smallest absolute Gasteiger partial charge is 0.0649 e. The topological polar surface area (TPSA) is 12.0 Å². The Balaban J connectivity index is 1.76. The van der Waals surface area contributed by atoms with Crippen LogP contribution in [0.5, 0.6) is 0 Å². The molecular weight excluding hydrogens is 282 g/mol. The maximum atomic E-state index is 3.82. The van der Waals surface area contributed by atoms with Crippen molar-refractivity contribution in [2.75, 3.05) is 0 Å². The first-order valence-electron chi connectivity index (χ1n) is 7.20. The predicted octanol–water partition coefficient (Wildman–Crippen LogP) is 5.33. The molecule has 1 N–H and O–H groups in total. The fraction of sp³-hybridized carbons (Fsp3) is 0.412. The second-order valence-corrected chi connectivity index (χ2v) is 8.30. The molecule has 1 unspecified atom stereocenters. The molecule has 2 heterocycles. The van der Waals surface area contributed by atoms with Gasteiger partial charge < -0.3 is 5.32 Å². The van der Waals surface area contributed by atoms with E-state index in [4.69, 9.17) is 0 Å². The molecule has 0 saturated carbocycles. The van der Waals surface area contributed by atoms with Crippen LogP contribution in [0.2, 0.25) is 0 Å². The Morgan fingerprint density at radius 2 is 1.95 bits per heavy atom. The molecular formula is C17H21NS2. The minimum absolute atomic E-state index is 0.392. The number of thioether (sulfide) groups is 1. The van der Waals surface area contributed by atoms with Crippen LogP contribution in [-0.4, -0.2) is 5.25 Å². The number of nitrogens with one attached hydrogen (secondary N) is 1. The van der Waals surface area contributed by atoms with Crippen LogP contribution >= 0.6 is 23.1 Å². The second-order valence-electron chi connectivity index (χ2n) is 5.68. The van der Waals surface area contributed by atoms with Crippen LogP contribution in [0.25, 0.3) is 0 Å². The first-order valence-corrected chi connectivity index (χ1v) is 8.96. The Bertz CT molecular complexity index is 573. The van der Waals surface area contributed by atoms with Gasteiger partial charge in [-0.05, 0) is 42.8 Å². The van der Waals surface area contributed by atoms with Crippen LogP contribution in [-0.2, 0) is 0 Å². The van der Waals surface area contributed by atoms with E-state index in [0.29, 0.717) is 17.3 Å². The average Bonchev–Trinajstić information content (AvgIpc) is 2.87. The summed E-state index contributed by atoms with van der Waals surface area (Å²) >= 11 is 3.91. The molecule has 2 aromatic rings. The first-order chi connectivity index (χ1) is 9.63. The summed E-state index contributed by atoms with van der Waals surface area (Å²) in [5.41, 5.74) is 4.19. The standard InChI is InChI=1S/C17H21NS2/c1-11-4-6-14(7-5-11)13(3)18-16-10-12(2)20-17-15(16)8-9-19-17/h4-9,12-13,16,18H,10H2,1-3H3/t12-,13-,16?/m0/s1. The largest absolute Gasteiger partial charge is 0.303 e. The molecule has 0 radical (unpaired) electrons. The highest BCUT2D eigenvalue weighted by molar-refractivity contribution is 8.01. The monoisotopic (exact) mass is 303 g/mol. The summed E-state index contributed by atoms with van der Waals surface area (Å²) < 4.78 is 1.50. The summed E-state index contributed by atoms with van der Waals surface area (Å²) in [6.45, 7) is 6.74. The lowest BCUT2D eigenvalue weighted by Crippen LogP contribution is -2.28. The molecule has 3 atom stereocenters. The van der Waals surface area contributed by atoms with Crippen molar-refractivity contribution in [1.82, 2.24) is 5.32 Å². The lowest BCUT2D eigenvalue weighted by Gasteiger charge is -2.30. The molecule has 106 valence electrons. The van der Waals surface area contributed by atoms with Crippen molar-refractivity contribution in [2.45, 2.75) is 48.7 Å². The van der Waals surface area contributed by atoms with E-state index in [1.807, 2.05) is 23.1 Å². The van der Waals surface area contributed by atoms with Crippen molar-refractivity contribution in [2.24, 2.45) is 0 Å². The predicted molar refractivity (Wildman–Crippen MR) is 89.7 cm³/mol. The van der Waals surface area contributed by atoms with Crippen LogP contribution in [0.15, 0.2) is 39.9 Å². The Hall–Kier alpha value is -0.770. The van der Waals surface area contributed by atoms with Gasteiger partial charge in [0, 0.05) is 17.3 Å². The normalized spacial score (nSPS) is 23.4. The van der Waals surface area contributed by atoms with Gasteiger partial charge in [0.25, 0.3) is 0 Å². The van der Waals surface area contributed by atoms with Gasteiger partial charge in [0.1, 0.15) is 0 Å². The van der Waals surface area contributed by atoms with Gasteiger partial charge in [0.2, 0.25) is 0 Å². The maximum Gasteiger partial charge on any atom is 0.0649 e. The Morgan fingerprint density at radius 1 is 1.20 bits per heavy atom. The zero-order chi connectivity index (χ0) is 14.1. The van der Waals surface area contributed by atoms with Crippen LogP contribution in [0.4, 0.5) is 0 Å².